The Morgan fingerprint density at radius 3 is 2.55 bits per heavy atom. The van der Waals surface area contributed by atoms with Gasteiger partial charge in [0.2, 0.25) is 5.91 Å². The molecule has 0 atom stereocenters. The highest BCUT2D eigenvalue weighted by Crippen LogP contribution is 2.21. The van der Waals surface area contributed by atoms with Crippen LogP contribution in [0.1, 0.15) is 15.2 Å². The zero-order valence-electron chi connectivity index (χ0n) is 10.4. The highest BCUT2D eigenvalue weighted by Gasteiger charge is 2.09. The van der Waals surface area contributed by atoms with E-state index in [1.165, 1.54) is 11.3 Å². The van der Waals surface area contributed by atoms with Crippen molar-refractivity contribution in [3.63, 3.8) is 0 Å². The van der Waals surface area contributed by atoms with Crippen molar-refractivity contribution in [1.29, 1.82) is 0 Å². The van der Waals surface area contributed by atoms with E-state index in [1.54, 1.807) is 24.5 Å². The maximum atomic E-state index is 11.7. The maximum Gasteiger partial charge on any atom is 0.261 e. The fourth-order valence-electron chi connectivity index (χ4n) is 1.45. The number of halogens is 1. The lowest BCUT2D eigenvalue weighted by Crippen LogP contribution is -2.36. The molecule has 2 N–H and O–H groups in total. The number of carbonyl (C=O) groups is 2. The molecule has 7 heteroatoms. The molecule has 2 aromatic rings. The highest BCUT2D eigenvalue weighted by atomic mass is 79.9. The monoisotopic (exact) mass is 353 g/mol. The van der Waals surface area contributed by atoms with Gasteiger partial charge in [0.1, 0.15) is 0 Å². The van der Waals surface area contributed by atoms with Gasteiger partial charge in [-0.05, 0) is 45.8 Å². The molecule has 5 nitrogen and oxygen atoms in total. The Kier molecular flexibility index (Phi) is 5.25. The van der Waals surface area contributed by atoms with Crippen molar-refractivity contribution < 1.29 is 9.59 Å². The molecule has 0 aliphatic heterocycles. The van der Waals surface area contributed by atoms with Crippen LogP contribution in [0.3, 0.4) is 0 Å². The molecule has 2 amide bonds. The van der Waals surface area contributed by atoms with Crippen LogP contribution in [0.2, 0.25) is 0 Å². The Morgan fingerprint density at radius 1 is 1.15 bits per heavy atom. The van der Waals surface area contributed by atoms with E-state index in [-0.39, 0.29) is 18.4 Å². The Labute approximate surface area is 128 Å². The zero-order valence-corrected chi connectivity index (χ0v) is 12.8. The zero-order chi connectivity index (χ0) is 14.4. The molecule has 2 heterocycles. The SMILES string of the molecule is O=C(CNC(=O)c1ccc(Br)s1)NCc1ccncc1. The van der Waals surface area contributed by atoms with Gasteiger partial charge in [-0.1, -0.05) is 0 Å². The van der Waals surface area contributed by atoms with Gasteiger partial charge in [0.15, 0.2) is 0 Å². The van der Waals surface area contributed by atoms with Crippen molar-refractivity contribution in [2.24, 2.45) is 0 Å². The normalized spacial score (nSPS) is 10.1. The summed E-state index contributed by atoms with van der Waals surface area (Å²) in [6.45, 7) is 0.376. The van der Waals surface area contributed by atoms with Gasteiger partial charge < -0.3 is 10.6 Å². The Hall–Kier alpha value is -1.73. The first-order chi connectivity index (χ1) is 9.65. The van der Waals surface area contributed by atoms with Gasteiger partial charge >= 0.3 is 0 Å². The Morgan fingerprint density at radius 2 is 1.90 bits per heavy atom. The number of hydrogen-bond donors (Lipinski definition) is 2. The molecule has 104 valence electrons. The molecule has 20 heavy (non-hydrogen) atoms. The molecule has 0 unspecified atom stereocenters. The molecule has 2 rings (SSSR count). The lowest BCUT2D eigenvalue weighted by atomic mass is 10.3. The summed E-state index contributed by atoms with van der Waals surface area (Å²) < 4.78 is 0.879. The summed E-state index contributed by atoms with van der Waals surface area (Å²) in [4.78, 5) is 27.8. The summed E-state index contributed by atoms with van der Waals surface area (Å²) >= 11 is 4.61. The Balaban J connectivity index is 1.74. The molecule has 0 saturated heterocycles. The number of hydrogen-bond acceptors (Lipinski definition) is 4. The van der Waals surface area contributed by atoms with Gasteiger partial charge in [0.05, 0.1) is 15.2 Å². The fourth-order valence-corrected chi connectivity index (χ4v) is 2.75. The predicted octanol–water partition coefficient (Wildman–Crippen LogP) is 1.95. The summed E-state index contributed by atoms with van der Waals surface area (Å²) in [5.41, 5.74) is 0.960. The third-order valence-corrected chi connectivity index (χ3v) is 4.07. The van der Waals surface area contributed by atoms with Crippen molar-refractivity contribution >= 4 is 39.1 Å². The number of carbonyl (C=O) groups excluding carboxylic acids is 2. The molecule has 0 saturated carbocycles. The minimum atomic E-state index is -0.250. The topological polar surface area (TPSA) is 71.1 Å². The molecule has 2 aromatic heterocycles. The smallest absolute Gasteiger partial charge is 0.261 e. The number of pyridine rings is 1. The molecule has 0 radical (unpaired) electrons. The van der Waals surface area contributed by atoms with Gasteiger partial charge in [-0.25, -0.2) is 0 Å². The third kappa shape index (κ3) is 4.43. The number of nitrogens with zero attached hydrogens (tertiary/aromatic N) is 1. The van der Waals surface area contributed by atoms with Crippen molar-refractivity contribution in [3.8, 4) is 0 Å². The van der Waals surface area contributed by atoms with Crippen LogP contribution in [-0.4, -0.2) is 23.3 Å². The number of nitrogens with one attached hydrogen (secondary N) is 2. The average molecular weight is 354 g/mol. The van der Waals surface area contributed by atoms with E-state index in [0.29, 0.717) is 11.4 Å². The van der Waals surface area contributed by atoms with Crippen LogP contribution in [-0.2, 0) is 11.3 Å². The number of aromatic nitrogens is 1. The van der Waals surface area contributed by atoms with E-state index in [1.807, 2.05) is 12.1 Å². The summed E-state index contributed by atoms with van der Waals surface area (Å²) in [6.07, 6.45) is 3.33. The first-order valence-corrected chi connectivity index (χ1v) is 7.45. The second-order valence-electron chi connectivity index (χ2n) is 3.92. The van der Waals surface area contributed by atoms with Crippen LogP contribution >= 0.6 is 27.3 Å². The van der Waals surface area contributed by atoms with Crippen molar-refractivity contribution in [1.82, 2.24) is 15.6 Å². The van der Waals surface area contributed by atoms with Crippen LogP contribution in [0, 0.1) is 0 Å². The van der Waals surface area contributed by atoms with Gasteiger partial charge in [-0.2, -0.15) is 0 Å². The molecule has 0 aromatic carbocycles. The quantitative estimate of drug-likeness (QED) is 0.862. The van der Waals surface area contributed by atoms with E-state index in [9.17, 15) is 9.59 Å². The van der Waals surface area contributed by atoms with Gasteiger partial charge in [0.25, 0.3) is 5.91 Å². The van der Waals surface area contributed by atoms with Crippen LogP contribution in [0.25, 0.3) is 0 Å². The first-order valence-electron chi connectivity index (χ1n) is 5.84. The average Bonchev–Trinajstić information content (AvgIpc) is 2.90. The highest BCUT2D eigenvalue weighted by molar-refractivity contribution is 9.11. The molecule has 0 bridgehead atoms. The number of amides is 2. The molecular formula is C13H12BrN3O2S. The van der Waals surface area contributed by atoms with Gasteiger partial charge in [0, 0.05) is 18.9 Å². The first kappa shape index (κ1) is 14.7. The largest absolute Gasteiger partial charge is 0.350 e. The molecule has 0 spiro atoms. The number of thiophene rings is 1. The van der Waals surface area contributed by atoms with E-state index in [4.69, 9.17) is 0 Å². The minimum Gasteiger partial charge on any atom is -0.350 e. The Bertz CT molecular complexity index is 601. The lowest BCUT2D eigenvalue weighted by Gasteiger charge is -2.06. The second-order valence-corrected chi connectivity index (χ2v) is 6.38. The van der Waals surface area contributed by atoms with Crippen LogP contribution in [0.5, 0.6) is 0 Å². The van der Waals surface area contributed by atoms with Crippen molar-refractivity contribution in [2.45, 2.75) is 6.54 Å². The van der Waals surface area contributed by atoms with E-state index < -0.39 is 0 Å². The molecule has 0 fully saturated rings. The van der Waals surface area contributed by atoms with Gasteiger partial charge in [-0.3, -0.25) is 14.6 Å². The minimum absolute atomic E-state index is 0.0422. The van der Waals surface area contributed by atoms with E-state index in [2.05, 4.69) is 31.5 Å². The summed E-state index contributed by atoms with van der Waals surface area (Å²) in [5, 5.41) is 5.30. The molecule has 0 aliphatic rings. The van der Waals surface area contributed by atoms with Crippen LogP contribution in [0.15, 0.2) is 40.4 Å². The second kappa shape index (κ2) is 7.16. The summed E-state index contributed by atoms with van der Waals surface area (Å²) in [7, 11) is 0. The molecule has 0 aliphatic carbocycles. The van der Waals surface area contributed by atoms with E-state index in [0.717, 1.165) is 9.35 Å². The third-order valence-electron chi connectivity index (χ3n) is 2.45. The maximum absolute atomic E-state index is 11.7. The van der Waals surface area contributed by atoms with E-state index >= 15 is 0 Å². The lowest BCUT2D eigenvalue weighted by molar-refractivity contribution is -0.120. The summed E-state index contributed by atoms with van der Waals surface area (Å²) in [5.74, 6) is -0.481. The van der Waals surface area contributed by atoms with Crippen LogP contribution < -0.4 is 10.6 Å². The molecular weight excluding hydrogens is 342 g/mol. The summed E-state index contributed by atoms with van der Waals surface area (Å²) in [6, 6.07) is 7.14. The predicted molar refractivity (Wildman–Crippen MR) is 80.4 cm³/mol. The van der Waals surface area contributed by atoms with Crippen molar-refractivity contribution in [2.75, 3.05) is 6.54 Å². The fraction of sp³-hybridized carbons (Fsp3) is 0.154. The van der Waals surface area contributed by atoms with Crippen LogP contribution in [0.4, 0.5) is 0 Å². The van der Waals surface area contributed by atoms with Gasteiger partial charge in [-0.15, -0.1) is 11.3 Å². The number of rotatable bonds is 5. The van der Waals surface area contributed by atoms with Crippen molar-refractivity contribution in [3.05, 3.63) is 50.9 Å². The standard InChI is InChI=1S/C13H12BrN3O2S/c14-11-2-1-10(20-11)13(19)17-8-12(18)16-7-9-3-5-15-6-4-9/h1-6H,7-8H2,(H,16,18)(H,17,19).